The molecule has 0 saturated carbocycles. The van der Waals surface area contributed by atoms with Crippen LogP contribution >= 0.6 is 11.3 Å². The van der Waals surface area contributed by atoms with Crippen molar-refractivity contribution in [1.29, 1.82) is 0 Å². The number of ether oxygens (including phenoxy) is 1. The van der Waals surface area contributed by atoms with E-state index in [2.05, 4.69) is 9.71 Å². The van der Waals surface area contributed by atoms with E-state index in [1.54, 1.807) is 31.2 Å². The summed E-state index contributed by atoms with van der Waals surface area (Å²) in [6.45, 7) is 1.52. The van der Waals surface area contributed by atoms with Crippen molar-refractivity contribution in [1.82, 2.24) is 4.57 Å². The molecule has 11 heteroatoms. The van der Waals surface area contributed by atoms with Crippen LogP contribution in [0.15, 0.2) is 82.7 Å². The maximum atomic E-state index is 14.5. The summed E-state index contributed by atoms with van der Waals surface area (Å²) in [5.41, 5.74) is 0.614. The highest BCUT2D eigenvalue weighted by atomic mass is 32.2. The van der Waals surface area contributed by atoms with Gasteiger partial charge in [0, 0.05) is 11.3 Å². The minimum absolute atomic E-state index is 0.110. The maximum absolute atomic E-state index is 14.5. The zero-order valence-corrected chi connectivity index (χ0v) is 20.1. The monoisotopic (exact) mass is 513 g/mol. The number of carbonyl (C=O) groups excluding carboxylic acids is 2. The molecule has 0 bridgehead atoms. The van der Waals surface area contributed by atoms with E-state index < -0.39 is 27.7 Å². The molecule has 4 rings (SSSR count). The van der Waals surface area contributed by atoms with Crippen LogP contribution in [-0.4, -0.2) is 31.5 Å². The van der Waals surface area contributed by atoms with E-state index in [1.165, 1.54) is 53.1 Å². The number of hydrogen-bond acceptors (Lipinski definition) is 6. The summed E-state index contributed by atoms with van der Waals surface area (Å²) in [6, 6.07) is 18.1. The molecule has 1 heterocycles. The minimum atomic E-state index is -3.78. The molecule has 8 nitrogen and oxygen atoms in total. The number of nitrogens with zero attached hydrogens (tertiary/aromatic N) is 2. The molecule has 3 aromatic carbocycles. The Morgan fingerprint density at radius 1 is 1.03 bits per heavy atom. The van der Waals surface area contributed by atoms with Gasteiger partial charge in [-0.05, 0) is 55.5 Å². The molecule has 0 saturated heterocycles. The van der Waals surface area contributed by atoms with Gasteiger partial charge in [-0.25, -0.2) is 12.8 Å². The van der Waals surface area contributed by atoms with Crippen LogP contribution in [0, 0.1) is 5.82 Å². The average molecular weight is 514 g/mol. The third kappa shape index (κ3) is 5.47. The zero-order chi connectivity index (χ0) is 25.0. The lowest BCUT2D eigenvalue weighted by atomic mass is 10.2. The molecule has 180 valence electrons. The molecule has 4 aromatic rings. The number of hydrogen-bond donors (Lipinski definition) is 1. The van der Waals surface area contributed by atoms with Crippen molar-refractivity contribution in [2.24, 2.45) is 4.99 Å². The lowest BCUT2D eigenvalue weighted by Gasteiger charge is -2.08. The van der Waals surface area contributed by atoms with Crippen LogP contribution in [-0.2, 0) is 26.1 Å². The van der Waals surface area contributed by atoms with Crippen LogP contribution in [0.2, 0.25) is 0 Å². The predicted molar refractivity (Wildman–Crippen MR) is 130 cm³/mol. The Morgan fingerprint density at radius 3 is 2.43 bits per heavy atom. The zero-order valence-electron chi connectivity index (χ0n) is 18.5. The first kappa shape index (κ1) is 24.3. The average Bonchev–Trinajstić information content (AvgIpc) is 3.18. The Labute approximate surface area is 204 Å². The van der Waals surface area contributed by atoms with E-state index in [9.17, 15) is 22.4 Å². The molecule has 1 N–H and O–H groups in total. The van der Waals surface area contributed by atoms with Crippen molar-refractivity contribution in [2.45, 2.75) is 18.4 Å². The van der Waals surface area contributed by atoms with Gasteiger partial charge in [-0.3, -0.25) is 14.3 Å². The van der Waals surface area contributed by atoms with Gasteiger partial charge in [0.2, 0.25) is 0 Å². The Hall–Kier alpha value is -3.83. The van der Waals surface area contributed by atoms with Crippen LogP contribution in [0.4, 0.5) is 10.1 Å². The third-order valence-electron chi connectivity index (χ3n) is 4.88. The van der Waals surface area contributed by atoms with E-state index in [1.807, 2.05) is 0 Å². The van der Waals surface area contributed by atoms with E-state index in [0.29, 0.717) is 4.70 Å². The number of thiazole rings is 1. The number of amides is 1. The van der Waals surface area contributed by atoms with Crippen molar-refractivity contribution >= 4 is 49.1 Å². The second-order valence-electron chi connectivity index (χ2n) is 7.28. The van der Waals surface area contributed by atoms with E-state index >= 15 is 0 Å². The number of sulfonamides is 1. The molecule has 35 heavy (non-hydrogen) atoms. The molecule has 0 unspecified atom stereocenters. The van der Waals surface area contributed by atoms with Gasteiger partial charge in [-0.1, -0.05) is 35.6 Å². The van der Waals surface area contributed by atoms with Crippen molar-refractivity contribution in [2.75, 3.05) is 11.3 Å². The van der Waals surface area contributed by atoms with Gasteiger partial charge in [0.05, 0.1) is 21.7 Å². The van der Waals surface area contributed by atoms with E-state index in [0.717, 1.165) is 11.3 Å². The number of carbonyl (C=O) groups is 2. The van der Waals surface area contributed by atoms with Crippen molar-refractivity contribution < 1.29 is 27.1 Å². The number of halogens is 1. The van der Waals surface area contributed by atoms with Gasteiger partial charge in [0.1, 0.15) is 12.4 Å². The molecule has 0 fully saturated rings. The smallest absolute Gasteiger partial charge is 0.326 e. The summed E-state index contributed by atoms with van der Waals surface area (Å²) >= 11 is 1.07. The van der Waals surface area contributed by atoms with Crippen LogP contribution < -0.4 is 9.52 Å². The fraction of sp³-hybridized carbons (Fsp3) is 0.125. The summed E-state index contributed by atoms with van der Waals surface area (Å²) < 4.78 is 48.7. The summed E-state index contributed by atoms with van der Waals surface area (Å²) in [7, 11) is -3.78. The first-order valence-corrected chi connectivity index (χ1v) is 12.8. The van der Waals surface area contributed by atoms with Gasteiger partial charge < -0.3 is 9.30 Å². The summed E-state index contributed by atoms with van der Waals surface area (Å²) in [4.78, 5) is 29.3. The SMILES string of the molecule is CCOC(=O)Cn1c(=NC(=O)c2ccc(NS(=O)(=O)c3ccccc3)cc2)sc2cccc(F)c21. The topological polar surface area (TPSA) is 107 Å². The number of benzene rings is 3. The molecule has 0 aliphatic carbocycles. The van der Waals surface area contributed by atoms with E-state index in [-0.39, 0.29) is 39.6 Å². The number of aromatic nitrogens is 1. The van der Waals surface area contributed by atoms with Crippen LogP contribution in [0.3, 0.4) is 0 Å². The van der Waals surface area contributed by atoms with Gasteiger partial charge in [-0.15, -0.1) is 0 Å². The Balaban J connectivity index is 1.63. The highest BCUT2D eigenvalue weighted by molar-refractivity contribution is 7.92. The predicted octanol–water partition coefficient (Wildman–Crippen LogP) is 3.95. The largest absolute Gasteiger partial charge is 0.465 e. The lowest BCUT2D eigenvalue weighted by molar-refractivity contribution is -0.143. The molecular formula is C24H20FN3O5S2. The normalized spacial score (nSPS) is 12.0. The molecule has 1 aromatic heterocycles. The number of nitrogens with one attached hydrogen (secondary N) is 1. The fourth-order valence-corrected chi connectivity index (χ4v) is 5.42. The standard InChI is InChI=1S/C24H20FN3O5S2/c1-2-33-21(29)15-28-22-19(25)9-6-10-20(22)34-24(28)26-23(30)16-11-13-17(14-12-16)27-35(31,32)18-7-4-3-5-8-18/h3-14,27H,2,15H2,1H3. The Kier molecular flexibility index (Phi) is 7.08. The first-order valence-electron chi connectivity index (χ1n) is 10.5. The van der Waals surface area contributed by atoms with Gasteiger partial charge in [0.15, 0.2) is 4.80 Å². The fourth-order valence-electron chi connectivity index (χ4n) is 3.30. The number of rotatable bonds is 7. The van der Waals surface area contributed by atoms with Crippen molar-refractivity contribution in [3.8, 4) is 0 Å². The van der Waals surface area contributed by atoms with E-state index in [4.69, 9.17) is 4.74 Å². The molecule has 0 aliphatic heterocycles. The van der Waals surface area contributed by atoms with Crippen LogP contribution in [0.25, 0.3) is 10.2 Å². The molecule has 1 amide bonds. The first-order chi connectivity index (χ1) is 16.8. The van der Waals surface area contributed by atoms with Crippen molar-refractivity contribution in [3.05, 3.63) is 89.0 Å². The molecule has 0 atom stereocenters. The highest BCUT2D eigenvalue weighted by Gasteiger charge is 2.17. The minimum Gasteiger partial charge on any atom is -0.465 e. The Bertz CT molecular complexity index is 1560. The quantitative estimate of drug-likeness (QED) is 0.377. The number of para-hydroxylation sites is 1. The van der Waals surface area contributed by atoms with Gasteiger partial charge in [0.25, 0.3) is 15.9 Å². The number of fused-ring (bicyclic) bond motifs is 1. The summed E-state index contributed by atoms with van der Waals surface area (Å²) in [5.74, 6) is -1.77. The molecular weight excluding hydrogens is 493 g/mol. The van der Waals surface area contributed by atoms with Crippen LogP contribution in [0.5, 0.6) is 0 Å². The van der Waals surface area contributed by atoms with Crippen LogP contribution in [0.1, 0.15) is 17.3 Å². The maximum Gasteiger partial charge on any atom is 0.326 e. The molecule has 0 aliphatic rings. The molecule has 0 radical (unpaired) electrons. The number of esters is 1. The Morgan fingerprint density at radius 2 is 1.74 bits per heavy atom. The number of anilines is 1. The summed E-state index contributed by atoms with van der Waals surface area (Å²) in [6.07, 6.45) is 0. The lowest BCUT2D eigenvalue weighted by Crippen LogP contribution is -2.23. The molecule has 0 spiro atoms. The second kappa shape index (κ2) is 10.2. The third-order valence-corrected chi connectivity index (χ3v) is 7.32. The second-order valence-corrected chi connectivity index (χ2v) is 9.97. The van der Waals surface area contributed by atoms with Gasteiger partial charge in [-0.2, -0.15) is 4.99 Å². The highest BCUT2D eigenvalue weighted by Crippen LogP contribution is 2.21. The van der Waals surface area contributed by atoms with Crippen molar-refractivity contribution in [3.63, 3.8) is 0 Å². The summed E-state index contributed by atoms with van der Waals surface area (Å²) in [5, 5.41) is 0. The van der Waals surface area contributed by atoms with Gasteiger partial charge >= 0.3 is 5.97 Å².